The Bertz CT molecular complexity index is 932. The van der Waals surface area contributed by atoms with Crippen LogP contribution in [0, 0.1) is 0 Å². The van der Waals surface area contributed by atoms with Crippen LogP contribution in [0.15, 0.2) is 51.7 Å². The third-order valence-electron chi connectivity index (χ3n) is 5.39. The number of rotatable bonds is 6. The van der Waals surface area contributed by atoms with E-state index in [1.807, 2.05) is 26.0 Å². The maximum Gasteiger partial charge on any atom is 0.243 e. The van der Waals surface area contributed by atoms with Crippen molar-refractivity contribution in [3.63, 3.8) is 0 Å². The molecule has 2 heterocycles. The molecular formula is C21H31N5O2S2. The largest absolute Gasteiger partial charge is 0.360 e. The molecule has 164 valence electrons. The van der Waals surface area contributed by atoms with Gasteiger partial charge >= 0.3 is 0 Å². The Kier molecular flexibility index (Phi) is 7.38. The standard InChI is InChI=1S/C21H31N5O2S2/c1-17(2)24(4)30(27,28)19-9-7-18(8-10-19)16-23-21(22-3)26-13-11-25(12-14-26)20-6-5-15-29-20/h5-10,15,17H,11-14,16H2,1-4H3,(H,22,23). The maximum absolute atomic E-state index is 12.6. The number of sulfonamides is 1. The Balaban J connectivity index is 1.55. The van der Waals surface area contributed by atoms with Gasteiger partial charge in [-0.2, -0.15) is 4.31 Å². The third-order valence-corrected chi connectivity index (χ3v) is 8.36. The molecule has 1 aromatic heterocycles. The summed E-state index contributed by atoms with van der Waals surface area (Å²) >= 11 is 1.77. The summed E-state index contributed by atoms with van der Waals surface area (Å²) in [7, 11) is -0.0490. The normalized spacial score (nSPS) is 15.9. The van der Waals surface area contributed by atoms with Gasteiger partial charge in [-0.3, -0.25) is 4.99 Å². The zero-order chi connectivity index (χ0) is 21.7. The lowest BCUT2D eigenvalue weighted by Crippen LogP contribution is -2.52. The number of nitrogens with one attached hydrogen (secondary N) is 1. The monoisotopic (exact) mass is 449 g/mol. The van der Waals surface area contributed by atoms with E-state index in [2.05, 4.69) is 37.6 Å². The summed E-state index contributed by atoms with van der Waals surface area (Å²) in [6.45, 7) is 8.09. The van der Waals surface area contributed by atoms with Crippen LogP contribution >= 0.6 is 11.3 Å². The number of benzene rings is 1. The van der Waals surface area contributed by atoms with Gasteiger partial charge in [0.15, 0.2) is 5.96 Å². The molecule has 0 radical (unpaired) electrons. The minimum Gasteiger partial charge on any atom is -0.360 e. The number of hydrogen-bond acceptors (Lipinski definition) is 5. The molecular weight excluding hydrogens is 418 g/mol. The molecule has 7 nitrogen and oxygen atoms in total. The SMILES string of the molecule is CN=C(NCc1ccc(S(=O)(=O)N(C)C(C)C)cc1)N1CCN(c2cccs2)CC1. The number of anilines is 1. The highest BCUT2D eigenvalue weighted by atomic mass is 32.2. The Labute approximate surface area is 184 Å². The summed E-state index contributed by atoms with van der Waals surface area (Å²) in [4.78, 5) is 9.41. The van der Waals surface area contributed by atoms with Crippen LogP contribution in [0.3, 0.4) is 0 Å². The van der Waals surface area contributed by atoms with Gasteiger partial charge in [0.2, 0.25) is 10.0 Å². The third kappa shape index (κ3) is 5.14. The topological polar surface area (TPSA) is 68.2 Å². The average molecular weight is 450 g/mol. The molecule has 0 amide bonds. The van der Waals surface area contributed by atoms with E-state index in [-0.39, 0.29) is 6.04 Å². The van der Waals surface area contributed by atoms with E-state index in [1.54, 1.807) is 37.6 Å². The van der Waals surface area contributed by atoms with Crippen molar-refractivity contribution in [1.82, 2.24) is 14.5 Å². The molecule has 3 rings (SSSR count). The fourth-order valence-corrected chi connectivity index (χ4v) is 5.48. The van der Waals surface area contributed by atoms with E-state index < -0.39 is 10.0 Å². The highest BCUT2D eigenvalue weighted by molar-refractivity contribution is 7.89. The van der Waals surface area contributed by atoms with Gasteiger partial charge in [0.05, 0.1) is 9.90 Å². The molecule has 0 saturated carbocycles. The van der Waals surface area contributed by atoms with Crippen LogP contribution < -0.4 is 10.2 Å². The van der Waals surface area contributed by atoms with E-state index in [0.29, 0.717) is 11.4 Å². The molecule has 0 spiro atoms. The second-order valence-electron chi connectivity index (χ2n) is 7.59. The van der Waals surface area contributed by atoms with Gasteiger partial charge in [-0.1, -0.05) is 12.1 Å². The highest BCUT2D eigenvalue weighted by Crippen LogP contribution is 2.22. The van der Waals surface area contributed by atoms with Crippen molar-refractivity contribution in [3.05, 3.63) is 47.3 Å². The molecule has 0 atom stereocenters. The molecule has 1 saturated heterocycles. The van der Waals surface area contributed by atoms with Crippen molar-refractivity contribution in [1.29, 1.82) is 0 Å². The molecule has 1 N–H and O–H groups in total. The van der Waals surface area contributed by atoms with Crippen molar-refractivity contribution >= 4 is 32.3 Å². The zero-order valence-electron chi connectivity index (χ0n) is 18.1. The van der Waals surface area contributed by atoms with Crippen LogP contribution in [0.1, 0.15) is 19.4 Å². The summed E-state index contributed by atoms with van der Waals surface area (Å²) in [5.74, 6) is 0.872. The van der Waals surface area contributed by atoms with Crippen LogP contribution in [0.2, 0.25) is 0 Å². The molecule has 0 bridgehead atoms. The van der Waals surface area contributed by atoms with Crippen molar-refractivity contribution < 1.29 is 8.42 Å². The summed E-state index contributed by atoms with van der Waals surface area (Å²) in [6.07, 6.45) is 0. The van der Waals surface area contributed by atoms with Crippen LogP contribution in [0.4, 0.5) is 5.00 Å². The first kappa shape index (κ1) is 22.6. The summed E-state index contributed by atoms with van der Waals surface area (Å²) in [5, 5.41) is 6.83. The first-order valence-corrected chi connectivity index (χ1v) is 12.5. The van der Waals surface area contributed by atoms with Gasteiger partial charge in [-0.05, 0) is 49.1 Å². The predicted octanol–water partition coefficient (Wildman–Crippen LogP) is 2.67. The summed E-state index contributed by atoms with van der Waals surface area (Å²) in [6, 6.07) is 11.2. The smallest absolute Gasteiger partial charge is 0.243 e. The number of thiophene rings is 1. The Hall–Kier alpha value is -2.10. The fourth-order valence-electron chi connectivity index (χ4n) is 3.32. The zero-order valence-corrected chi connectivity index (χ0v) is 19.7. The summed E-state index contributed by atoms with van der Waals surface area (Å²) in [5.41, 5.74) is 1.01. The minimum absolute atomic E-state index is 0.0834. The highest BCUT2D eigenvalue weighted by Gasteiger charge is 2.23. The fraction of sp³-hybridized carbons (Fsp3) is 0.476. The van der Waals surface area contributed by atoms with Crippen molar-refractivity contribution in [2.75, 3.05) is 45.2 Å². The summed E-state index contributed by atoms with van der Waals surface area (Å²) < 4.78 is 26.6. The van der Waals surface area contributed by atoms with E-state index in [4.69, 9.17) is 0 Å². The molecule has 1 fully saturated rings. The predicted molar refractivity (Wildman–Crippen MR) is 125 cm³/mol. The minimum atomic E-state index is -3.45. The Morgan fingerprint density at radius 3 is 2.37 bits per heavy atom. The van der Waals surface area contributed by atoms with E-state index in [0.717, 1.165) is 37.7 Å². The molecule has 1 aromatic carbocycles. The van der Waals surface area contributed by atoms with E-state index in [9.17, 15) is 8.42 Å². The Morgan fingerprint density at radius 1 is 1.17 bits per heavy atom. The van der Waals surface area contributed by atoms with Crippen LogP contribution in [-0.2, 0) is 16.6 Å². The average Bonchev–Trinajstić information content (AvgIpc) is 3.29. The van der Waals surface area contributed by atoms with E-state index in [1.165, 1.54) is 9.31 Å². The molecule has 30 heavy (non-hydrogen) atoms. The van der Waals surface area contributed by atoms with Crippen LogP contribution in [0.25, 0.3) is 0 Å². The second kappa shape index (κ2) is 9.80. The van der Waals surface area contributed by atoms with Gasteiger partial charge in [0, 0.05) is 52.9 Å². The van der Waals surface area contributed by atoms with E-state index >= 15 is 0 Å². The number of piperazine rings is 1. The van der Waals surface area contributed by atoms with Crippen LogP contribution in [-0.4, -0.2) is 69.9 Å². The van der Waals surface area contributed by atoms with Gasteiger partial charge in [-0.15, -0.1) is 11.3 Å². The number of aliphatic imine (C=N–C) groups is 1. The van der Waals surface area contributed by atoms with Gasteiger partial charge < -0.3 is 15.1 Å². The first-order valence-electron chi connectivity index (χ1n) is 10.1. The van der Waals surface area contributed by atoms with Crippen LogP contribution in [0.5, 0.6) is 0 Å². The second-order valence-corrected chi connectivity index (χ2v) is 10.5. The number of nitrogens with zero attached hydrogens (tertiary/aromatic N) is 4. The van der Waals surface area contributed by atoms with Crippen molar-refractivity contribution in [2.45, 2.75) is 31.3 Å². The molecule has 1 aliphatic rings. The van der Waals surface area contributed by atoms with Gasteiger partial charge in [-0.25, -0.2) is 8.42 Å². The molecule has 9 heteroatoms. The molecule has 2 aromatic rings. The number of hydrogen-bond donors (Lipinski definition) is 1. The number of guanidine groups is 1. The Morgan fingerprint density at radius 2 is 1.83 bits per heavy atom. The quantitative estimate of drug-likeness (QED) is 0.542. The lowest BCUT2D eigenvalue weighted by Gasteiger charge is -2.37. The van der Waals surface area contributed by atoms with Gasteiger partial charge in [0.25, 0.3) is 0 Å². The molecule has 0 aliphatic carbocycles. The maximum atomic E-state index is 12.6. The lowest BCUT2D eigenvalue weighted by molar-refractivity contribution is 0.373. The van der Waals surface area contributed by atoms with Gasteiger partial charge in [0.1, 0.15) is 0 Å². The van der Waals surface area contributed by atoms with Crippen molar-refractivity contribution in [2.24, 2.45) is 4.99 Å². The van der Waals surface area contributed by atoms with Crippen molar-refractivity contribution in [3.8, 4) is 0 Å². The lowest BCUT2D eigenvalue weighted by atomic mass is 10.2. The molecule has 1 aliphatic heterocycles. The molecule has 0 unspecified atom stereocenters. The first-order chi connectivity index (χ1) is 14.3.